The minimum atomic E-state index is -0.625. The van der Waals surface area contributed by atoms with Gasteiger partial charge in [0.1, 0.15) is 24.2 Å². The molecule has 21 nitrogen and oxygen atoms in total. The molecule has 0 aliphatic carbocycles. The quantitative estimate of drug-likeness (QED) is 0.0252. The maximum Gasteiger partial charge on any atom is 0.242 e. The number of nitrogens with two attached hydrogens (primary N) is 6. The SMILES string of the molecule is NCCCCCCCCCCCC(=O)NC(CCCCN)C(=O)NCCCCCCCCCCCC(=O)NC(CCCCN)C(=O)NCCCCCCCCCCCC(=O)NC(CCCCN)C(=O)NCCCCCCCCCCCC(=O)NC(CCCCN)C(N)=O. The highest BCUT2D eigenvalue weighted by Gasteiger charge is 2.23. The Morgan fingerprint density at radius 1 is 0.215 bits per heavy atom. The zero-order chi connectivity index (χ0) is 68.3. The van der Waals surface area contributed by atoms with E-state index in [4.69, 9.17) is 34.4 Å². The number of amides is 8. The van der Waals surface area contributed by atoms with Gasteiger partial charge >= 0.3 is 0 Å². The van der Waals surface area contributed by atoms with Crippen LogP contribution in [0.3, 0.4) is 0 Å². The van der Waals surface area contributed by atoms with E-state index in [0.717, 1.165) is 257 Å². The van der Waals surface area contributed by atoms with E-state index in [-0.39, 0.29) is 41.4 Å². The van der Waals surface area contributed by atoms with Gasteiger partial charge in [0.25, 0.3) is 0 Å². The van der Waals surface area contributed by atoms with Crippen molar-refractivity contribution in [3.63, 3.8) is 0 Å². The number of rotatable bonds is 71. The summed E-state index contributed by atoms with van der Waals surface area (Å²) in [5.74, 6) is -1.16. The highest BCUT2D eigenvalue weighted by molar-refractivity contribution is 5.89. The first-order valence-corrected chi connectivity index (χ1v) is 38.1. The molecule has 0 saturated carbocycles. The van der Waals surface area contributed by atoms with E-state index in [1.165, 1.54) is 32.1 Å². The van der Waals surface area contributed by atoms with Gasteiger partial charge in [-0.2, -0.15) is 0 Å². The molecular formula is C72H143N13O8. The second-order valence-electron chi connectivity index (χ2n) is 26.4. The van der Waals surface area contributed by atoms with Crippen LogP contribution >= 0.6 is 0 Å². The van der Waals surface area contributed by atoms with E-state index >= 15 is 0 Å². The van der Waals surface area contributed by atoms with Crippen molar-refractivity contribution >= 4 is 47.3 Å². The van der Waals surface area contributed by atoms with E-state index < -0.39 is 30.1 Å². The number of hydrogen-bond acceptors (Lipinski definition) is 13. The Bertz CT molecular complexity index is 1830. The van der Waals surface area contributed by atoms with Crippen LogP contribution in [-0.2, 0) is 38.4 Å². The Kier molecular flexibility index (Phi) is 64.3. The molecule has 19 N–H and O–H groups in total. The molecule has 93 heavy (non-hydrogen) atoms. The monoisotopic (exact) mass is 1320 g/mol. The second kappa shape index (κ2) is 67.5. The van der Waals surface area contributed by atoms with E-state index in [2.05, 4.69) is 37.2 Å². The minimum absolute atomic E-state index is 0.0427. The third kappa shape index (κ3) is 58.6. The molecule has 0 heterocycles. The first kappa shape index (κ1) is 88.6. The zero-order valence-corrected chi connectivity index (χ0v) is 59.0. The molecule has 4 unspecified atom stereocenters. The Labute approximate surface area is 565 Å². The van der Waals surface area contributed by atoms with Crippen LogP contribution in [0.5, 0.6) is 0 Å². The molecular weight excluding hydrogens is 1170 g/mol. The first-order chi connectivity index (χ1) is 45.3. The number of carbonyl (C=O) groups is 8. The fourth-order valence-electron chi connectivity index (χ4n) is 11.7. The van der Waals surface area contributed by atoms with Crippen LogP contribution in [0.4, 0.5) is 0 Å². The fourth-order valence-corrected chi connectivity index (χ4v) is 11.7. The van der Waals surface area contributed by atoms with Crippen molar-refractivity contribution in [3.8, 4) is 0 Å². The Balaban J connectivity index is 4.20. The van der Waals surface area contributed by atoms with Crippen molar-refractivity contribution in [2.75, 3.05) is 52.4 Å². The predicted molar refractivity (Wildman–Crippen MR) is 381 cm³/mol. The molecule has 0 radical (unpaired) electrons. The van der Waals surface area contributed by atoms with E-state index in [1.807, 2.05) is 0 Å². The predicted octanol–water partition coefficient (Wildman–Crippen LogP) is 9.84. The van der Waals surface area contributed by atoms with Crippen LogP contribution in [0.1, 0.15) is 334 Å². The van der Waals surface area contributed by atoms with E-state index in [0.29, 0.717) is 97.2 Å². The van der Waals surface area contributed by atoms with Crippen molar-refractivity contribution in [3.05, 3.63) is 0 Å². The molecule has 0 bridgehead atoms. The third-order valence-electron chi connectivity index (χ3n) is 17.7. The largest absolute Gasteiger partial charge is 0.368 e. The van der Waals surface area contributed by atoms with Crippen LogP contribution in [0, 0.1) is 0 Å². The summed E-state index contributed by atoms with van der Waals surface area (Å²) in [4.78, 5) is 102. The fraction of sp³-hybridized carbons (Fsp3) is 0.889. The lowest BCUT2D eigenvalue weighted by Gasteiger charge is -2.18. The standard InChI is InChI=1S/C72H143N13O8/c73-53-37-25-17-9-1-5-13-22-30-50-66(87)83-62(46-34-39-55-75)70(91)80-59-43-27-19-11-3-7-15-24-32-52-68(89)85-64(48-36-41-57-77)72(93)81-60-44-28-20-12-4-8-16-23-31-51-67(88)84-63(47-35-40-56-76)71(92)79-58-42-26-18-10-2-6-14-21-29-49-65(86)82-61(69(78)90)45-33-38-54-74/h61-64H,1-60,73-77H2,(H2,78,90)(H,79,92)(H,80,91)(H,81,93)(H,82,86)(H,83,87)(H,84,88)(H,85,89). The molecule has 0 saturated heterocycles. The minimum Gasteiger partial charge on any atom is -0.368 e. The third-order valence-corrected chi connectivity index (χ3v) is 17.7. The van der Waals surface area contributed by atoms with Gasteiger partial charge in [-0.15, -0.1) is 0 Å². The van der Waals surface area contributed by atoms with Gasteiger partial charge in [0.15, 0.2) is 0 Å². The lowest BCUT2D eigenvalue weighted by atomic mass is 10.0. The van der Waals surface area contributed by atoms with Crippen molar-refractivity contribution in [2.24, 2.45) is 34.4 Å². The summed E-state index contributed by atoms with van der Waals surface area (Å²) in [7, 11) is 0. The maximum atomic E-state index is 13.2. The molecule has 0 aliphatic rings. The highest BCUT2D eigenvalue weighted by Crippen LogP contribution is 2.16. The topological polar surface area (TPSA) is 377 Å². The van der Waals surface area contributed by atoms with Crippen molar-refractivity contribution in [1.82, 2.24) is 37.2 Å². The summed E-state index contributed by atoms with van der Waals surface area (Å²) in [5.41, 5.74) is 33.7. The summed E-state index contributed by atoms with van der Waals surface area (Å²) in [6.07, 6.45) is 48.3. The van der Waals surface area contributed by atoms with Crippen LogP contribution < -0.4 is 71.6 Å². The first-order valence-electron chi connectivity index (χ1n) is 38.1. The van der Waals surface area contributed by atoms with Crippen LogP contribution in [0.15, 0.2) is 0 Å². The summed E-state index contributed by atoms with van der Waals surface area (Å²) < 4.78 is 0. The second-order valence-corrected chi connectivity index (χ2v) is 26.4. The Morgan fingerprint density at radius 3 is 0.602 bits per heavy atom. The van der Waals surface area contributed by atoms with E-state index in [1.54, 1.807) is 0 Å². The summed E-state index contributed by atoms with van der Waals surface area (Å²) in [6.45, 7) is 4.77. The van der Waals surface area contributed by atoms with Gasteiger partial charge in [-0.3, -0.25) is 38.4 Å². The summed E-state index contributed by atoms with van der Waals surface area (Å²) in [6, 6.07) is -2.23. The molecule has 0 fully saturated rings. The van der Waals surface area contributed by atoms with Gasteiger partial charge in [0.05, 0.1) is 0 Å². The van der Waals surface area contributed by atoms with Crippen LogP contribution in [-0.4, -0.2) is 124 Å². The Morgan fingerprint density at radius 2 is 0.387 bits per heavy atom. The van der Waals surface area contributed by atoms with Gasteiger partial charge < -0.3 is 71.6 Å². The van der Waals surface area contributed by atoms with Crippen LogP contribution in [0.2, 0.25) is 0 Å². The number of hydrogen-bond donors (Lipinski definition) is 13. The molecule has 0 aromatic heterocycles. The van der Waals surface area contributed by atoms with Gasteiger partial charge in [0, 0.05) is 45.3 Å². The Hall–Kier alpha value is -4.44. The number of unbranched alkanes of at least 4 members (excludes halogenated alkanes) is 36. The zero-order valence-electron chi connectivity index (χ0n) is 59.0. The average molecular weight is 1320 g/mol. The average Bonchev–Trinajstić information content (AvgIpc) is 3.75. The lowest BCUT2D eigenvalue weighted by molar-refractivity contribution is -0.129. The number of primary amides is 1. The van der Waals surface area contributed by atoms with Crippen molar-refractivity contribution < 1.29 is 38.4 Å². The van der Waals surface area contributed by atoms with Gasteiger partial charge in [0.2, 0.25) is 47.3 Å². The lowest BCUT2D eigenvalue weighted by Crippen LogP contribution is -2.47. The molecule has 4 atom stereocenters. The molecule has 0 aliphatic heterocycles. The molecule has 0 aromatic rings. The van der Waals surface area contributed by atoms with Gasteiger partial charge in [-0.05, 0) is 161 Å². The van der Waals surface area contributed by atoms with Crippen LogP contribution in [0.25, 0.3) is 0 Å². The summed E-state index contributed by atoms with van der Waals surface area (Å²) in [5, 5.41) is 20.9. The maximum absolute atomic E-state index is 13.2. The van der Waals surface area contributed by atoms with Crippen molar-refractivity contribution in [1.29, 1.82) is 0 Å². The van der Waals surface area contributed by atoms with E-state index in [9.17, 15) is 38.4 Å². The van der Waals surface area contributed by atoms with Gasteiger partial charge in [-0.1, -0.05) is 180 Å². The molecule has 0 aromatic carbocycles. The molecule has 8 amide bonds. The highest BCUT2D eigenvalue weighted by atomic mass is 16.2. The number of nitrogens with one attached hydrogen (secondary N) is 7. The number of carbonyl (C=O) groups excluding carboxylic acids is 8. The normalized spacial score (nSPS) is 12.6. The molecule has 21 heteroatoms. The molecule has 544 valence electrons. The van der Waals surface area contributed by atoms with Crippen molar-refractivity contribution in [2.45, 2.75) is 358 Å². The smallest absolute Gasteiger partial charge is 0.242 e. The summed E-state index contributed by atoms with van der Waals surface area (Å²) >= 11 is 0. The molecule has 0 rings (SSSR count). The van der Waals surface area contributed by atoms with Gasteiger partial charge in [-0.25, -0.2) is 0 Å². The molecule has 0 spiro atoms.